The van der Waals surface area contributed by atoms with Crippen molar-refractivity contribution in [2.45, 2.75) is 12.8 Å². The minimum absolute atomic E-state index is 0.00571. The summed E-state index contributed by atoms with van der Waals surface area (Å²) in [5, 5.41) is 19.5. The van der Waals surface area contributed by atoms with Gasteiger partial charge in [0.2, 0.25) is 5.91 Å². The van der Waals surface area contributed by atoms with E-state index in [9.17, 15) is 4.79 Å². The average molecular weight is 353 g/mol. The van der Waals surface area contributed by atoms with Gasteiger partial charge < -0.3 is 10.2 Å². The predicted octanol–water partition coefficient (Wildman–Crippen LogP) is 0.646. The van der Waals surface area contributed by atoms with E-state index in [1.54, 1.807) is 28.1 Å². The molecule has 4 heterocycles. The molecule has 3 aromatic rings. The summed E-state index contributed by atoms with van der Waals surface area (Å²) in [6.07, 6.45) is 8.03. The molecule has 0 aliphatic carbocycles. The zero-order chi connectivity index (χ0) is 17.9. The largest absolute Gasteiger partial charge is 0.355 e. The second kappa shape index (κ2) is 6.90. The van der Waals surface area contributed by atoms with Crippen molar-refractivity contribution in [3.05, 3.63) is 37.2 Å². The molecule has 1 saturated heterocycles. The average Bonchev–Trinajstić information content (AvgIpc) is 3.34. The van der Waals surface area contributed by atoms with Gasteiger partial charge in [0, 0.05) is 32.3 Å². The molecular formula is C16H19N9O. The molecule has 0 spiro atoms. The van der Waals surface area contributed by atoms with Crippen LogP contribution in [-0.2, 0) is 11.8 Å². The van der Waals surface area contributed by atoms with Gasteiger partial charge in [0.05, 0.1) is 11.9 Å². The Balaban J connectivity index is 1.33. The molecule has 1 fully saturated rings. The van der Waals surface area contributed by atoms with Crippen LogP contribution in [-0.4, -0.2) is 53.7 Å². The Morgan fingerprint density at radius 3 is 2.54 bits per heavy atom. The molecule has 4 rings (SSSR count). The first-order chi connectivity index (χ1) is 12.7. The van der Waals surface area contributed by atoms with E-state index in [0.717, 1.165) is 37.4 Å². The minimum atomic E-state index is -0.00571. The number of amides is 1. The van der Waals surface area contributed by atoms with Crippen LogP contribution in [0.15, 0.2) is 37.2 Å². The fraction of sp³-hybridized carbons (Fsp3) is 0.375. The van der Waals surface area contributed by atoms with Gasteiger partial charge >= 0.3 is 0 Å². The third-order valence-electron chi connectivity index (χ3n) is 4.45. The first-order valence-electron chi connectivity index (χ1n) is 8.42. The lowest BCUT2D eigenvalue weighted by Crippen LogP contribution is -2.38. The number of carbonyl (C=O) groups excluding carboxylic acids is 1. The SMILES string of the molecule is Cn1cc(NC(=O)C2CCN(c3ccc(-n4cncn4)nn3)CC2)cn1. The number of hydrogen-bond acceptors (Lipinski definition) is 7. The number of nitrogens with zero attached hydrogens (tertiary/aromatic N) is 8. The molecule has 1 aliphatic heterocycles. The molecule has 10 nitrogen and oxygen atoms in total. The second-order valence-electron chi connectivity index (χ2n) is 6.24. The van der Waals surface area contributed by atoms with Crippen molar-refractivity contribution in [3.8, 4) is 5.82 Å². The second-order valence-corrected chi connectivity index (χ2v) is 6.24. The van der Waals surface area contributed by atoms with Crippen LogP contribution in [0, 0.1) is 5.92 Å². The van der Waals surface area contributed by atoms with Crippen LogP contribution in [0.2, 0.25) is 0 Å². The Bertz CT molecular complexity index is 864. The summed E-state index contributed by atoms with van der Waals surface area (Å²) in [4.78, 5) is 18.4. The molecule has 0 saturated carbocycles. The number of carbonyl (C=O) groups is 1. The summed E-state index contributed by atoms with van der Waals surface area (Å²) < 4.78 is 3.23. The highest BCUT2D eigenvalue weighted by Gasteiger charge is 2.26. The maximum atomic E-state index is 12.4. The number of aryl methyl sites for hydroxylation is 1. The van der Waals surface area contributed by atoms with Gasteiger partial charge in [-0.3, -0.25) is 9.48 Å². The molecule has 0 unspecified atom stereocenters. The van der Waals surface area contributed by atoms with Gasteiger partial charge in [-0.15, -0.1) is 10.2 Å². The highest BCUT2D eigenvalue weighted by molar-refractivity contribution is 5.92. The summed E-state index contributed by atoms with van der Waals surface area (Å²) in [7, 11) is 1.82. The monoisotopic (exact) mass is 353 g/mol. The van der Waals surface area contributed by atoms with Crippen LogP contribution < -0.4 is 10.2 Å². The van der Waals surface area contributed by atoms with E-state index in [2.05, 4.69) is 35.6 Å². The molecule has 1 amide bonds. The van der Waals surface area contributed by atoms with Crippen LogP contribution in [0.1, 0.15) is 12.8 Å². The van der Waals surface area contributed by atoms with E-state index in [1.165, 1.54) is 6.33 Å². The molecule has 0 aromatic carbocycles. The summed E-state index contributed by atoms with van der Waals surface area (Å²) in [5.41, 5.74) is 0.731. The van der Waals surface area contributed by atoms with Gasteiger partial charge in [-0.1, -0.05) is 0 Å². The number of rotatable bonds is 4. The van der Waals surface area contributed by atoms with Crippen molar-refractivity contribution < 1.29 is 4.79 Å². The molecule has 0 bridgehead atoms. The standard InChI is InChI=1S/C16H19N9O/c1-23-9-13(8-18-23)20-16(26)12-4-6-24(7-5-12)14-2-3-15(22-21-14)25-11-17-10-19-25/h2-3,8-12H,4-7H2,1H3,(H,20,26). The van der Waals surface area contributed by atoms with Crippen LogP contribution in [0.3, 0.4) is 0 Å². The Hall–Kier alpha value is -3.30. The topological polar surface area (TPSA) is 107 Å². The molecule has 0 atom stereocenters. The molecular weight excluding hydrogens is 334 g/mol. The Labute approximate surface area is 149 Å². The number of nitrogens with one attached hydrogen (secondary N) is 1. The van der Waals surface area contributed by atoms with Gasteiger partial charge in [-0.05, 0) is 25.0 Å². The lowest BCUT2D eigenvalue weighted by atomic mass is 9.96. The molecule has 26 heavy (non-hydrogen) atoms. The van der Waals surface area contributed by atoms with E-state index in [4.69, 9.17) is 0 Å². The lowest BCUT2D eigenvalue weighted by molar-refractivity contribution is -0.120. The van der Waals surface area contributed by atoms with Crippen LogP contribution in [0.5, 0.6) is 0 Å². The van der Waals surface area contributed by atoms with Crippen molar-refractivity contribution in [1.82, 2.24) is 34.7 Å². The molecule has 10 heteroatoms. The fourth-order valence-electron chi connectivity index (χ4n) is 3.04. The van der Waals surface area contributed by atoms with Crippen molar-refractivity contribution in [1.29, 1.82) is 0 Å². The zero-order valence-electron chi connectivity index (χ0n) is 14.4. The normalized spacial score (nSPS) is 15.2. The minimum Gasteiger partial charge on any atom is -0.355 e. The van der Waals surface area contributed by atoms with Crippen molar-refractivity contribution in [2.24, 2.45) is 13.0 Å². The number of piperidine rings is 1. The summed E-state index contributed by atoms with van der Waals surface area (Å²) in [6.45, 7) is 1.53. The summed E-state index contributed by atoms with van der Waals surface area (Å²) >= 11 is 0. The Morgan fingerprint density at radius 2 is 1.92 bits per heavy atom. The van der Waals surface area contributed by atoms with E-state index in [1.807, 2.05) is 19.2 Å². The lowest BCUT2D eigenvalue weighted by Gasteiger charge is -2.31. The zero-order valence-corrected chi connectivity index (χ0v) is 14.4. The summed E-state index contributed by atoms with van der Waals surface area (Å²) in [6, 6.07) is 3.78. The van der Waals surface area contributed by atoms with Gasteiger partial charge in [0.15, 0.2) is 11.6 Å². The summed E-state index contributed by atoms with van der Waals surface area (Å²) in [5.74, 6) is 1.47. The maximum Gasteiger partial charge on any atom is 0.227 e. The van der Waals surface area contributed by atoms with Gasteiger partial charge in [-0.25, -0.2) is 9.67 Å². The quantitative estimate of drug-likeness (QED) is 0.734. The maximum absolute atomic E-state index is 12.4. The number of aromatic nitrogens is 7. The molecule has 1 aliphatic rings. The van der Waals surface area contributed by atoms with Gasteiger partial charge in [0.1, 0.15) is 12.7 Å². The number of anilines is 2. The Morgan fingerprint density at radius 1 is 1.15 bits per heavy atom. The predicted molar refractivity (Wildman–Crippen MR) is 93.7 cm³/mol. The smallest absolute Gasteiger partial charge is 0.227 e. The first kappa shape index (κ1) is 16.2. The molecule has 3 aromatic heterocycles. The van der Waals surface area contributed by atoms with E-state index < -0.39 is 0 Å². The first-order valence-corrected chi connectivity index (χ1v) is 8.42. The fourth-order valence-corrected chi connectivity index (χ4v) is 3.04. The van der Waals surface area contributed by atoms with Crippen molar-refractivity contribution in [3.63, 3.8) is 0 Å². The van der Waals surface area contributed by atoms with Crippen molar-refractivity contribution in [2.75, 3.05) is 23.3 Å². The van der Waals surface area contributed by atoms with Gasteiger partial charge in [-0.2, -0.15) is 10.2 Å². The van der Waals surface area contributed by atoms with E-state index in [0.29, 0.717) is 5.82 Å². The van der Waals surface area contributed by atoms with E-state index >= 15 is 0 Å². The molecule has 0 radical (unpaired) electrons. The third-order valence-corrected chi connectivity index (χ3v) is 4.45. The van der Waals surface area contributed by atoms with E-state index in [-0.39, 0.29) is 11.8 Å². The van der Waals surface area contributed by atoms with Crippen molar-refractivity contribution >= 4 is 17.4 Å². The van der Waals surface area contributed by atoms with Crippen LogP contribution in [0.25, 0.3) is 5.82 Å². The van der Waals surface area contributed by atoms with Crippen LogP contribution >= 0.6 is 0 Å². The third kappa shape index (κ3) is 3.39. The van der Waals surface area contributed by atoms with Crippen LogP contribution in [0.4, 0.5) is 11.5 Å². The van der Waals surface area contributed by atoms with Gasteiger partial charge in [0.25, 0.3) is 0 Å². The highest BCUT2D eigenvalue weighted by atomic mass is 16.1. The Kier molecular flexibility index (Phi) is 4.30. The highest BCUT2D eigenvalue weighted by Crippen LogP contribution is 2.23. The molecule has 134 valence electrons. The molecule has 1 N–H and O–H groups in total. The number of hydrogen-bond donors (Lipinski definition) is 1.